The van der Waals surface area contributed by atoms with Gasteiger partial charge >= 0.3 is 0 Å². The van der Waals surface area contributed by atoms with E-state index in [-0.39, 0.29) is 30.7 Å². The van der Waals surface area contributed by atoms with Crippen molar-refractivity contribution in [2.24, 2.45) is 0 Å². The van der Waals surface area contributed by atoms with Gasteiger partial charge in [-0.3, -0.25) is 9.48 Å². The quantitative estimate of drug-likeness (QED) is 0.807. The van der Waals surface area contributed by atoms with E-state index in [0.717, 1.165) is 43.8 Å². The highest BCUT2D eigenvalue weighted by atomic mass is 35.5. The van der Waals surface area contributed by atoms with Crippen LogP contribution in [0.25, 0.3) is 0 Å². The molecule has 1 aliphatic carbocycles. The number of fused-ring (bicyclic) bond motifs is 1. The molecule has 0 unspecified atom stereocenters. The summed E-state index contributed by atoms with van der Waals surface area (Å²) in [7, 11) is 1.90. The molecule has 0 saturated carbocycles. The van der Waals surface area contributed by atoms with Gasteiger partial charge in [-0.1, -0.05) is 0 Å². The van der Waals surface area contributed by atoms with Crippen LogP contribution in [0.4, 0.5) is 0 Å². The summed E-state index contributed by atoms with van der Waals surface area (Å²) < 4.78 is 1.86. The first kappa shape index (κ1) is 22.1. The van der Waals surface area contributed by atoms with E-state index < -0.39 is 5.54 Å². The minimum absolute atomic E-state index is 0. The molecule has 9 heteroatoms. The fourth-order valence-electron chi connectivity index (χ4n) is 4.01. The predicted molar refractivity (Wildman–Crippen MR) is 112 cm³/mol. The molecular weight excluding hydrogens is 405 g/mol. The van der Waals surface area contributed by atoms with E-state index in [1.807, 2.05) is 28.9 Å². The minimum atomic E-state index is -0.569. The molecule has 1 fully saturated rings. The molecule has 0 aromatic carbocycles. The van der Waals surface area contributed by atoms with E-state index >= 15 is 0 Å². The van der Waals surface area contributed by atoms with Gasteiger partial charge in [-0.2, -0.15) is 5.10 Å². The van der Waals surface area contributed by atoms with Crippen LogP contribution in [0.3, 0.4) is 0 Å². The number of likely N-dealkylation sites (N-methyl/N-ethyl adjacent to an activating group) is 1. The zero-order valence-corrected chi connectivity index (χ0v) is 18.0. The monoisotopic (exact) mass is 431 g/mol. The SMILES string of the molecule is CN(Cc1nc2c(s1)CCCC2)C(=O)C1(n2cccn2)CCNCC1.Cl.Cl. The van der Waals surface area contributed by atoms with Gasteiger partial charge in [0.1, 0.15) is 10.5 Å². The van der Waals surface area contributed by atoms with E-state index in [4.69, 9.17) is 4.98 Å². The van der Waals surface area contributed by atoms with Crippen LogP contribution in [0.1, 0.15) is 41.3 Å². The number of aromatic nitrogens is 3. The molecule has 3 heterocycles. The highest BCUT2D eigenvalue weighted by molar-refractivity contribution is 7.11. The van der Waals surface area contributed by atoms with Gasteiger partial charge in [0.2, 0.25) is 0 Å². The summed E-state index contributed by atoms with van der Waals surface area (Å²) in [6.45, 7) is 2.27. The third-order valence-corrected chi connectivity index (χ3v) is 6.52. The summed E-state index contributed by atoms with van der Waals surface area (Å²) >= 11 is 1.78. The molecule has 2 aliphatic rings. The molecule has 6 nitrogen and oxygen atoms in total. The molecule has 0 bridgehead atoms. The number of nitrogens with zero attached hydrogens (tertiary/aromatic N) is 4. The van der Waals surface area contributed by atoms with Crippen LogP contribution < -0.4 is 5.32 Å². The molecule has 0 spiro atoms. The van der Waals surface area contributed by atoms with Gasteiger partial charge in [-0.25, -0.2) is 4.98 Å². The van der Waals surface area contributed by atoms with Crippen molar-refractivity contribution in [1.82, 2.24) is 25.0 Å². The number of amides is 1. The van der Waals surface area contributed by atoms with Gasteiger partial charge in [0.15, 0.2) is 0 Å². The van der Waals surface area contributed by atoms with Crippen molar-refractivity contribution >= 4 is 42.1 Å². The van der Waals surface area contributed by atoms with Crippen molar-refractivity contribution in [2.75, 3.05) is 20.1 Å². The maximum atomic E-state index is 13.4. The molecule has 1 amide bonds. The molecule has 1 saturated heterocycles. The largest absolute Gasteiger partial charge is 0.337 e. The lowest BCUT2D eigenvalue weighted by molar-refractivity contribution is -0.142. The Hall–Kier alpha value is -1.15. The molecular formula is C18H27Cl2N5OS. The van der Waals surface area contributed by atoms with Crippen LogP contribution in [-0.2, 0) is 29.7 Å². The zero-order valence-electron chi connectivity index (χ0n) is 15.5. The summed E-state index contributed by atoms with van der Waals surface area (Å²) in [5.41, 5.74) is 0.691. The Balaban J connectivity index is 0.00000131. The lowest BCUT2D eigenvalue weighted by atomic mass is 9.87. The van der Waals surface area contributed by atoms with Gasteiger partial charge in [-0.05, 0) is 57.7 Å². The van der Waals surface area contributed by atoms with Gasteiger partial charge < -0.3 is 10.2 Å². The van der Waals surface area contributed by atoms with Crippen LogP contribution >= 0.6 is 36.2 Å². The Kier molecular flexibility index (Phi) is 7.68. The van der Waals surface area contributed by atoms with Crippen molar-refractivity contribution in [3.05, 3.63) is 34.0 Å². The summed E-state index contributed by atoms with van der Waals surface area (Å²) in [6.07, 6.45) is 9.95. The first-order chi connectivity index (χ1) is 12.2. The first-order valence-corrected chi connectivity index (χ1v) is 9.94. The van der Waals surface area contributed by atoms with Crippen LogP contribution in [0.15, 0.2) is 18.5 Å². The number of rotatable bonds is 4. The Labute approximate surface area is 176 Å². The molecule has 150 valence electrons. The van der Waals surface area contributed by atoms with Gasteiger partial charge in [0.25, 0.3) is 5.91 Å². The average molecular weight is 432 g/mol. The zero-order chi connectivity index (χ0) is 17.3. The normalized spacial score (nSPS) is 18.0. The number of hydrogen-bond donors (Lipinski definition) is 1. The molecule has 4 rings (SSSR count). The maximum Gasteiger partial charge on any atom is 0.250 e. The maximum absolute atomic E-state index is 13.4. The van der Waals surface area contributed by atoms with E-state index in [1.165, 1.54) is 23.4 Å². The summed E-state index contributed by atoms with van der Waals surface area (Å²) in [4.78, 5) is 21.4. The number of carbonyl (C=O) groups is 1. The minimum Gasteiger partial charge on any atom is -0.337 e. The molecule has 2 aromatic heterocycles. The Morgan fingerprint density at radius 2 is 2.04 bits per heavy atom. The second-order valence-electron chi connectivity index (χ2n) is 7.08. The Morgan fingerprint density at radius 3 is 2.70 bits per heavy atom. The topological polar surface area (TPSA) is 63.1 Å². The second-order valence-corrected chi connectivity index (χ2v) is 8.25. The fraction of sp³-hybridized carbons (Fsp3) is 0.611. The van der Waals surface area contributed by atoms with Gasteiger partial charge in [0.05, 0.1) is 12.2 Å². The van der Waals surface area contributed by atoms with Crippen LogP contribution in [0.5, 0.6) is 0 Å². The fourth-order valence-corrected chi connectivity index (χ4v) is 5.22. The van der Waals surface area contributed by atoms with Crippen molar-refractivity contribution in [1.29, 1.82) is 0 Å². The standard InChI is InChI=1S/C18H25N5OS.2ClH/c1-22(13-16-21-14-5-2-3-6-15(14)25-16)17(24)18(7-10-19-11-8-18)23-12-4-9-20-23;;/h4,9,12,19H,2-3,5-8,10-11,13H2,1H3;2*1H. The highest BCUT2D eigenvalue weighted by Crippen LogP contribution is 2.31. The van der Waals surface area contributed by atoms with Gasteiger partial charge in [-0.15, -0.1) is 36.2 Å². The van der Waals surface area contributed by atoms with E-state index in [1.54, 1.807) is 17.5 Å². The third kappa shape index (κ3) is 4.31. The van der Waals surface area contributed by atoms with Crippen LogP contribution in [-0.4, -0.2) is 45.7 Å². The number of aryl methyl sites for hydroxylation is 2. The average Bonchev–Trinajstić information content (AvgIpc) is 3.31. The Bertz CT molecular complexity index is 720. The van der Waals surface area contributed by atoms with Crippen LogP contribution in [0.2, 0.25) is 0 Å². The third-order valence-electron chi connectivity index (χ3n) is 5.38. The summed E-state index contributed by atoms with van der Waals surface area (Å²) in [5.74, 6) is 0.144. The predicted octanol–water partition coefficient (Wildman–Crippen LogP) is 2.80. The van der Waals surface area contributed by atoms with E-state index in [0.29, 0.717) is 6.54 Å². The lowest BCUT2D eigenvalue weighted by Gasteiger charge is -2.39. The molecule has 0 radical (unpaired) electrons. The van der Waals surface area contributed by atoms with Crippen molar-refractivity contribution in [3.8, 4) is 0 Å². The summed E-state index contributed by atoms with van der Waals surface area (Å²) in [6, 6.07) is 1.89. The number of thiazole rings is 1. The van der Waals surface area contributed by atoms with Crippen molar-refractivity contribution in [2.45, 2.75) is 50.6 Å². The van der Waals surface area contributed by atoms with E-state index in [2.05, 4.69) is 10.4 Å². The van der Waals surface area contributed by atoms with Gasteiger partial charge in [0, 0.05) is 24.3 Å². The van der Waals surface area contributed by atoms with Crippen molar-refractivity contribution in [3.63, 3.8) is 0 Å². The van der Waals surface area contributed by atoms with Crippen molar-refractivity contribution < 1.29 is 4.79 Å². The number of hydrogen-bond acceptors (Lipinski definition) is 5. The second kappa shape index (κ2) is 9.37. The first-order valence-electron chi connectivity index (χ1n) is 9.13. The Morgan fingerprint density at radius 1 is 1.30 bits per heavy atom. The van der Waals surface area contributed by atoms with Crippen LogP contribution in [0, 0.1) is 0 Å². The number of nitrogens with one attached hydrogen (secondary N) is 1. The van der Waals surface area contributed by atoms with E-state index in [9.17, 15) is 4.79 Å². The molecule has 1 aliphatic heterocycles. The molecule has 27 heavy (non-hydrogen) atoms. The molecule has 0 atom stereocenters. The lowest BCUT2D eigenvalue weighted by Crippen LogP contribution is -2.54. The summed E-state index contributed by atoms with van der Waals surface area (Å²) in [5, 5.41) is 8.82. The number of carbonyl (C=O) groups excluding carboxylic acids is 1. The smallest absolute Gasteiger partial charge is 0.250 e. The highest BCUT2D eigenvalue weighted by Gasteiger charge is 2.43. The number of halogens is 2. The molecule has 2 aromatic rings. The number of piperidine rings is 1. The molecule has 1 N–H and O–H groups in total.